The first-order valence-electron chi connectivity index (χ1n) is 5.67. The van der Waals surface area contributed by atoms with Crippen molar-refractivity contribution in [1.82, 2.24) is 0 Å². The smallest absolute Gasteiger partial charge is 0.238 e. The van der Waals surface area contributed by atoms with Gasteiger partial charge in [0.2, 0.25) is 10.0 Å². The van der Waals surface area contributed by atoms with Gasteiger partial charge in [-0.15, -0.1) is 0 Å². The Balaban J connectivity index is 3.13. The molecular formula is C12H19FN2O3S. The molecule has 0 aliphatic heterocycles. The van der Waals surface area contributed by atoms with Crippen molar-refractivity contribution < 1.29 is 17.9 Å². The lowest BCUT2D eigenvalue weighted by molar-refractivity contribution is 0.0239. The van der Waals surface area contributed by atoms with Crippen LogP contribution in [-0.2, 0) is 10.0 Å². The first-order valence-corrected chi connectivity index (χ1v) is 7.22. The monoisotopic (exact) mass is 290 g/mol. The number of primary sulfonamides is 1. The average Bonchev–Trinajstić information content (AvgIpc) is 2.17. The van der Waals surface area contributed by atoms with Gasteiger partial charge in [-0.3, -0.25) is 0 Å². The minimum atomic E-state index is -3.93. The number of nitrogens with one attached hydrogen (secondary N) is 1. The molecule has 0 spiro atoms. The van der Waals surface area contributed by atoms with E-state index in [0.29, 0.717) is 0 Å². The summed E-state index contributed by atoms with van der Waals surface area (Å²) in [5.41, 5.74) is -1.81. The van der Waals surface area contributed by atoms with Crippen molar-refractivity contribution in [1.29, 1.82) is 0 Å². The van der Waals surface area contributed by atoms with Crippen molar-refractivity contribution in [3.05, 3.63) is 24.0 Å². The SMILES string of the molecule is CC(C)(O)C(C)(C)Nc1ccc(S(N)(=O)=O)cc1F. The zero-order valence-corrected chi connectivity index (χ0v) is 12.2. The third-order valence-electron chi connectivity index (χ3n) is 3.25. The molecule has 0 unspecified atom stereocenters. The van der Waals surface area contributed by atoms with E-state index in [2.05, 4.69) is 5.32 Å². The molecule has 0 aliphatic carbocycles. The Morgan fingerprint density at radius 3 is 2.16 bits per heavy atom. The second kappa shape index (κ2) is 4.73. The second-order valence-corrected chi connectivity index (χ2v) is 7.06. The van der Waals surface area contributed by atoms with Gasteiger partial charge in [0.15, 0.2) is 0 Å². The van der Waals surface area contributed by atoms with E-state index < -0.39 is 27.0 Å². The second-order valence-electron chi connectivity index (χ2n) is 5.50. The lowest BCUT2D eigenvalue weighted by atomic mass is 9.86. The molecule has 5 nitrogen and oxygen atoms in total. The summed E-state index contributed by atoms with van der Waals surface area (Å²) in [6.07, 6.45) is 0. The minimum Gasteiger partial charge on any atom is -0.388 e. The first kappa shape index (κ1) is 15.9. The molecule has 1 rings (SSSR count). The zero-order valence-electron chi connectivity index (χ0n) is 11.4. The van der Waals surface area contributed by atoms with Gasteiger partial charge in [-0.05, 0) is 45.9 Å². The fourth-order valence-electron chi connectivity index (χ4n) is 1.26. The Labute approximate surface area is 112 Å². The largest absolute Gasteiger partial charge is 0.388 e. The highest BCUT2D eigenvalue weighted by Crippen LogP contribution is 2.28. The maximum atomic E-state index is 13.8. The highest BCUT2D eigenvalue weighted by Gasteiger charge is 2.35. The number of hydrogen-bond acceptors (Lipinski definition) is 4. The predicted molar refractivity (Wildman–Crippen MR) is 71.8 cm³/mol. The van der Waals surface area contributed by atoms with Crippen molar-refractivity contribution in [3.63, 3.8) is 0 Å². The van der Waals surface area contributed by atoms with Gasteiger partial charge in [-0.2, -0.15) is 0 Å². The van der Waals surface area contributed by atoms with Crippen molar-refractivity contribution >= 4 is 15.7 Å². The molecule has 0 saturated carbocycles. The zero-order chi connectivity index (χ0) is 15.1. The molecule has 0 aromatic heterocycles. The van der Waals surface area contributed by atoms with Crippen LogP contribution in [0, 0.1) is 5.82 Å². The molecule has 0 aliphatic rings. The molecule has 0 atom stereocenters. The molecule has 1 aromatic rings. The van der Waals surface area contributed by atoms with Crippen LogP contribution in [0.2, 0.25) is 0 Å². The van der Waals surface area contributed by atoms with E-state index in [1.54, 1.807) is 27.7 Å². The van der Waals surface area contributed by atoms with Crippen LogP contribution in [0.15, 0.2) is 23.1 Å². The highest BCUT2D eigenvalue weighted by atomic mass is 32.2. The van der Waals surface area contributed by atoms with E-state index >= 15 is 0 Å². The molecule has 0 heterocycles. The lowest BCUT2D eigenvalue weighted by Gasteiger charge is -2.39. The van der Waals surface area contributed by atoms with Crippen molar-refractivity contribution in [3.8, 4) is 0 Å². The lowest BCUT2D eigenvalue weighted by Crippen LogP contribution is -2.51. The number of nitrogens with two attached hydrogens (primary N) is 1. The van der Waals surface area contributed by atoms with Crippen LogP contribution in [0.3, 0.4) is 0 Å². The van der Waals surface area contributed by atoms with Crippen LogP contribution < -0.4 is 10.5 Å². The van der Waals surface area contributed by atoms with Crippen LogP contribution >= 0.6 is 0 Å². The molecular weight excluding hydrogens is 271 g/mol. The topological polar surface area (TPSA) is 92.4 Å². The van der Waals surface area contributed by atoms with Crippen LogP contribution in [-0.4, -0.2) is 24.7 Å². The van der Waals surface area contributed by atoms with E-state index in [0.717, 1.165) is 6.07 Å². The Kier molecular flexibility index (Phi) is 3.96. The molecule has 19 heavy (non-hydrogen) atoms. The van der Waals surface area contributed by atoms with Gasteiger partial charge in [0, 0.05) is 0 Å². The fourth-order valence-corrected chi connectivity index (χ4v) is 1.79. The quantitative estimate of drug-likeness (QED) is 0.782. The summed E-state index contributed by atoms with van der Waals surface area (Å²) in [7, 11) is -3.93. The van der Waals surface area contributed by atoms with Crippen LogP contribution in [0.4, 0.5) is 10.1 Å². The summed E-state index contributed by atoms with van der Waals surface area (Å²) in [6, 6.07) is 3.34. The molecule has 108 valence electrons. The van der Waals surface area contributed by atoms with Gasteiger partial charge >= 0.3 is 0 Å². The molecule has 0 fully saturated rings. The molecule has 1 aromatic carbocycles. The van der Waals surface area contributed by atoms with E-state index in [-0.39, 0.29) is 10.6 Å². The maximum Gasteiger partial charge on any atom is 0.238 e. The van der Waals surface area contributed by atoms with Gasteiger partial charge in [0.25, 0.3) is 0 Å². The fraction of sp³-hybridized carbons (Fsp3) is 0.500. The summed E-state index contributed by atoms with van der Waals surface area (Å²) in [5.74, 6) is -0.746. The summed E-state index contributed by atoms with van der Waals surface area (Å²) in [5, 5.41) is 17.7. The summed E-state index contributed by atoms with van der Waals surface area (Å²) >= 11 is 0. The maximum absolute atomic E-state index is 13.8. The van der Waals surface area contributed by atoms with Crippen LogP contribution in [0.5, 0.6) is 0 Å². The molecule has 0 bridgehead atoms. The number of benzene rings is 1. The van der Waals surface area contributed by atoms with Crippen molar-refractivity contribution in [2.75, 3.05) is 5.32 Å². The van der Waals surface area contributed by atoms with Crippen LogP contribution in [0.1, 0.15) is 27.7 Å². The Morgan fingerprint density at radius 1 is 1.26 bits per heavy atom. The third kappa shape index (κ3) is 3.65. The number of halogens is 1. The van der Waals surface area contributed by atoms with Gasteiger partial charge in [-0.1, -0.05) is 0 Å². The predicted octanol–water partition coefficient (Wildman–Crippen LogP) is 1.43. The highest BCUT2D eigenvalue weighted by molar-refractivity contribution is 7.89. The van der Waals surface area contributed by atoms with Crippen LogP contribution in [0.25, 0.3) is 0 Å². The summed E-state index contributed by atoms with van der Waals surface area (Å²) in [4.78, 5) is -0.295. The van der Waals surface area contributed by atoms with E-state index in [1.807, 2.05) is 0 Å². The molecule has 0 radical (unpaired) electrons. The average molecular weight is 290 g/mol. The van der Waals surface area contributed by atoms with E-state index in [1.165, 1.54) is 12.1 Å². The standard InChI is InChI=1S/C12H19FN2O3S/c1-11(2,12(3,4)16)15-10-6-5-8(7-9(10)13)19(14,17)18/h5-7,15-16H,1-4H3,(H2,14,17,18). The Morgan fingerprint density at radius 2 is 1.79 bits per heavy atom. The normalized spacial score (nSPS) is 13.4. The number of anilines is 1. The summed E-state index contributed by atoms with van der Waals surface area (Å²) < 4.78 is 36.0. The minimum absolute atomic E-state index is 0.0968. The van der Waals surface area contributed by atoms with E-state index in [9.17, 15) is 17.9 Å². The summed E-state index contributed by atoms with van der Waals surface area (Å²) in [6.45, 7) is 6.60. The van der Waals surface area contributed by atoms with Crippen molar-refractivity contribution in [2.24, 2.45) is 5.14 Å². The Bertz CT molecular complexity index is 577. The van der Waals surface area contributed by atoms with E-state index in [4.69, 9.17) is 5.14 Å². The van der Waals surface area contributed by atoms with Gasteiger partial charge in [0.05, 0.1) is 21.7 Å². The number of hydrogen-bond donors (Lipinski definition) is 3. The third-order valence-corrected chi connectivity index (χ3v) is 4.16. The Hall–Kier alpha value is -1.18. The molecule has 4 N–H and O–H groups in total. The van der Waals surface area contributed by atoms with Gasteiger partial charge < -0.3 is 10.4 Å². The number of rotatable bonds is 4. The van der Waals surface area contributed by atoms with Gasteiger partial charge in [0.1, 0.15) is 5.82 Å². The van der Waals surface area contributed by atoms with Gasteiger partial charge in [-0.25, -0.2) is 17.9 Å². The number of aliphatic hydroxyl groups is 1. The molecule has 0 amide bonds. The first-order chi connectivity index (χ1) is 8.34. The molecule has 7 heteroatoms. The molecule has 0 saturated heterocycles. The van der Waals surface area contributed by atoms with Crippen molar-refractivity contribution in [2.45, 2.75) is 43.7 Å². The number of sulfonamides is 1.